The highest BCUT2D eigenvalue weighted by molar-refractivity contribution is 7.89. The van der Waals surface area contributed by atoms with E-state index < -0.39 is 54.0 Å². The van der Waals surface area contributed by atoms with E-state index in [-0.39, 0.29) is 44.8 Å². The predicted octanol–water partition coefficient (Wildman–Crippen LogP) is 7.20. The number of amides is 2. The molecule has 70 heavy (non-hydrogen) atoms. The number of nitrogens with zero attached hydrogens (tertiary/aromatic N) is 8. The molecule has 0 radical (unpaired) electrons. The van der Waals surface area contributed by atoms with E-state index in [4.69, 9.17) is 34.8 Å². The van der Waals surface area contributed by atoms with Crippen LogP contribution in [0.1, 0.15) is 87.9 Å². The van der Waals surface area contributed by atoms with Crippen LogP contribution in [0, 0.1) is 5.92 Å². The second-order valence-corrected chi connectivity index (χ2v) is 24.9. The minimum Gasteiger partial charge on any atom is -0.411 e. The Balaban J connectivity index is 0.000000122. The second kappa shape index (κ2) is 18.9. The smallest absolute Gasteiger partial charge is 0.294 e. The maximum atomic E-state index is 13.2. The molecule has 0 spiro atoms. The van der Waals surface area contributed by atoms with Crippen LogP contribution in [-0.2, 0) is 39.7 Å². The van der Waals surface area contributed by atoms with Crippen LogP contribution in [0.25, 0.3) is 0 Å². The van der Waals surface area contributed by atoms with E-state index in [1.165, 1.54) is 45.0 Å². The monoisotopic (exact) mass is 1070 g/mol. The fraction of sp³-hybridized carbons (Fsp3) is 0.400. The van der Waals surface area contributed by atoms with Gasteiger partial charge in [0.05, 0.1) is 67.6 Å². The molecule has 368 valence electrons. The standard InChI is InChI=1S/C15H15ClN4O3S.C15H16ClN3O3S.C15H14ClN3O3S/c16-9-4-6-10(7-5-9)24(22,23)20-12-2-1-3-13(20)15(19-21)14-11(12)8-17-18-14;2*16-9-4-6-11(7-5-9)23(21,22)19-10-2-1-3-13(19)14-12(8-10)17-18-15(14)20/h4-8,12-13,21H,1-3H2,(H,17,18);4-7,10,13-14H,1-3,8H2,(H,18,20);4-7,10,13H,1-3,8H2/b19-15-;;. The first-order chi connectivity index (χ1) is 33.5. The van der Waals surface area contributed by atoms with Crippen molar-refractivity contribution in [2.45, 2.75) is 122 Å². The molecule has 25 heteroatoms. The van der Waals surface area contributed by atoms with Crippen LogP contribution in [0.5, 0.6) is 0 Å². The van der Waals surface area contributed by atoms with Gasteiger partial charge in [-0.2, -0.15) is 28.2 Å². The highest BCUT2D eigenvalue weighted by atomic mass is 35.5. The number of fused-ring (bicyclic) bond motifs is 11. The zero-order valence-corrected chi connectivity index (χ0v) is 41.7. The third-order valence-electron chi connectivity index (χ3n) is 14.2. The Morgan fingerprint density at radius 1 is 0.614 bits per heavy atom. The van der Waals surface area contributed by atoms with Crippen LogP contribution in [0.2, 0.25) is 15.1 Å². The van der Waals surface area contributed by atoms with E-state index in [1.54, 1.807) is 46.9 Å². The fourth-order valence-electron chi connectivity index (χ4n) is 11.2. The summed E-state index contributed by atoms with van der Waals surface area (Å²) in [4.78, 5) is 24.7. The lowest BCUT2D eigenvalue weighted by Gasteiger charge is -2.46. The Kier molecular flexibility index (Phi) is 13.2. The van der Waals surface area contributed by atoms with Crippen molar-refractivity contribution in [1.82, 2.24) is 28.5 Å². The molecule has 8 aliphatic heterocycles. The van der Waals surface area contributed by atoms with Gasteiger partial charge in [-0.05, 0) is 124 Å². The Bertz CT molecular complexity index is 3230. The van der Waals surface area contributed by atoms with Crippen molar-refractivity contribution in [3.05, 3.63) is 117 Å². The largest absolute Gasteiger partial charge is 0.411 e. The third-order valence-corrected chi connectivity index (χ3v) is 20.9. The molecule has 8 aliphatic rings. The number of hydrogen-bond donors (Lipinski definition) is 3. The number of hydrazone groups is 1. The summed E-state index contributed by atoms with van der Waals surface area (Å²) in [5.74, 6) is -1.04. The molecule has 4 saturated heterocycles. The Morgan fingerprint density at radius 3 is 1.73 bits per heavy atom. The van der Waals surface area contributed by atoms with E-state index in [1.807, 2.05) is 0 Å². The van der Waals surface area contributed by atoms with Crippen molar-refractivity contribution in [1.29, 1.82) is 0 Å². The van der Waals surface area contributed by atoms with Gasteiger partial charge >= 0.3 is 0 Å². The quantitative estimate of drug-likeness (QED) is 0.129. The van der Waals surface area contributed by atoms with E-state index in [9.17, 15) is 40.0 Å². The number of hydrogen-bond acceptors (Lipinski definition) is 13. The molecule has 7 unspecified atom stereocenters. The van der Waals surface area contributed by atoms with Gasteiger partial charge in [0, 0.05) is 51.6 Å². The maximum absolute atomic E-state index is 13.2. The van der Waals surface area contributed by atoms with Gasteiger partial charge in [0.2, 0.25) is 30.1 Å². The number of carbonyl (C=O) groups is 2. The molecule has 12 rings (SSSR count). The zero-order valence-electron chi connectivity index (χ0n) is 37.0. The summed E-state index contributed by atoms with van der Waals surface area (Å²) in [6, 6.07) is 16.5. The van der Waals surface area contributed by atoms with Crippen LogP contribution in [-0.4, -0.2) is 107 Å². The van der Waals surface area contributed by atoms with Crippen LogP contribution < -0.4 is 5.43 Å². The van der Waals surface area contributed by atoms with Crippen molar-refractivity contribution in [3.8, 4) is 0 Å². The lowest BCUT2D eigenvalue weighted by atomic mass is 9.78. The summed E-state index contributed by atoms with van der Waals surface area (Å²) in [6.07, 6.45) is 9.43. The van der Waals surface area contributed by atoms with Gasteiger partial charge in [-0.1, -0.05) is 46.4 Å². The van der Waals surface area contributed by atoms with E-state index in [0.717, 1.165) is 43.4 Å². The van der Waals surface area contributed by atoms with Gasteiger partial charge < -0.3 is 5.21 Å². The molecule has 4 aromatic rings. The topological polar surface area (TPSA) is 257 Å². The number of oxime groups is 1. The molecule has 1 aromatic heterocycles. The molecule has 7 atom stereocenters. The number of halogens is 3. The van der Waals surface area contributed by atoms with Gasteiger partial charge in [0.15, 0.2) is 0 Å². The molecule has 3 aromatic carbocycles. The first-order valence-corrected chi connectivity index (χ1v) is 28.1. The molecule has 2 amide bonds. The van der Waals surface area contributed by atoms with Crippen molar-refractivity contribution in [2.24, 2.45) is 26.4 Å². The summed E-state index contributed by atoms with van der Waals surface area (Å²) < 4.78 is 83.4. The summed E-state index contributed by atoms with van der Waals surface area (Å²) in [6.45, 7) is 0. The lowest BCUT2D eigenvalue weighted by Crippen LogP contribution is -2.60. The predicted molar refractivity (Wildman–Crippen MR) is 257 cm³/mol. The molecule has 9 heterocycles. The van der Waals surface area contributed by atoms with Gasteiger partial charge in [-0.3, -0.25) is 14.7 Å². The number of carbonyl (C=O) groups excluding carboxylic acids is 2. The molecule has 0 saturated carbocycles. The number of sulfonamides is 3. The minimum atomic E-state index is -3.76. The maximum Gasteiger partial charge on any atom is 0.294 e. The number of H-pyrrole nitrogens is 1. The SMILES string of the molecule is O=C1N=NC2=C1C1CCCC(C2)N1S(=O)(=O)c1ccc(Cl)cc1.O=C1NN=C2CC3CCCC(C12)N3S(=O)(=O)c1ccc(Cl)cc1.O=S(=O)(c1ccc(Cl)cc1)N1C2CCCC1c1cn[nH]c1/C2=N\O. The average Bonchev–Trinajstić information content (AvgIpc) is 4.08. The fourth-order valence-corrected chi connectivity index (χ4v) is 17.1. The number of rotatable bonds is 6. The highest BCUT2D eigenvalue weighted by Gasteiger charge is 2.54. The number of aromatic amines is 1. The normalized spacial score (nSPS) is 27.8. The van der Waals surface area contributed by atoms with Gasteiger partial charge in [-0.25, -0.2) is 30.7 Å². The van der Waals surface area contributed by atoms with Crippen LogP contribution in [0.15, 0.2) is 125 Å². The Morgan fingerprint density at radius 2 is 1.13 bits per heavy atom. The zero-order chi connectivity index (χ0) is 49.3. The van der Waals surface area contributed by atoms with Gasteiger partial charge in [0.25, 0.3) is 11.8 Å². The molecule has 0 aliphatic carbocycles. The molecule has 4 fully saturated rings. The minimum absolute atomic E-state index is 0.128. The molecule has 19 nitrogen and oxygen atoms in total. The Hall–Kier alpha value is -4.91. The summed E-state index contributed by atoms with van der Waals surface area (Å²) >= 11 is 17.6. The second-order valence-electron chi connectivity index (χ2n) is 18.1. The lowest BCUT2D eigenvalue weighted by molar-refractivity contribution is -0.124. The first kappa shape index (κ1) is 48.7. The van der Waals surface area contributed by atoms with Crippen LogP contribution in [0.3, 0.4) is 0 Å². The summed E-state index contributed by atoms with van der Waals surface area (Å²) in [5.41, 5.74) is 6.10. The molecule has 6 bridgehead atoms. The first-order valence-electron chi connectivity index (χ1n) is 22.7. The van der Waals surface area contributed by atoms with Crippen molar-refractivity contribution in [3.63, 3.8) is 0 Å². The summed E-state index contributed by atoms with van der Waals surface area (Å²) in [5, 5.41) is 32.8. The number of azo groups is 1. The summed E-state index contributed by atoms with van der Waals surface area (Å²) in [7, 11) is -11.1. The van der Waals surface area contributed by atoms with Crippen molar-refractivity contribution >= 4 is 88.1 Å². The Labute approximate surface area is 418 Å². The number of piperidine rings is 4. The molecule has 3 N–H and O–H groups in total. The van der Waals surface area contributed by atoms with Crippen molar-refractivity contribution < 1.29 is 40.0 Å². The molecular weight excluding hydrogens is 1030 g/mol. The van der Waals surface area contributed by atoms with E-state index in [2.05, 4.69) is 36.1 Å². The van der Waals surface area contributed by atoms with Crippen molar-refractivity contribution in [2.75, 3.05) is 0 Å². The van der Waals surface area contributed by atoms with Gasteiger partial charge in [0.1, 0.15) is 5.71 Å². The van der Waals surface area contributed by atoms with E-state index in [0.29, 0.717) is 76.3 Å². The number of nitrogens with one attached hydrogen (secondary N) is 2. The third kappa shape index (κ3) is 8.51. The number of aromatic nitrogens is 2. The number of benzene rings is 3. The van der Waals surface area contributed by atoms with Crippen LogP contribution in [0.4, 0.5) is 0 Å². The van der Waals surface area contributed by atoms with Gasteiger partial charge in [-0.15, -0.1) is 5.11 Å². The highest BCUT2D eigenvalue weighted by Crippen LogP contribution is 2.46. The average molecular weight is 1070 g/mol. The molecular formula is C45H45Cl3N10O9S3. The van der Waals surface area contributed by atoms with E-state index >= 15 is 0 Å². The van der Waals surface area contributed by atoms with Crippen LogP contribution >= 0.6 is 34.8 Å².